The number of thiophene rings is 1. The lowest BCUT2D eigenvalue weighted by atomic mass is 10.4. The Balaban J connectivity index is 0.000000921. The van der Waals surface area contributed by atoms with Crippen LogP contribution < -0.4 is 11.1 Å². The summed E-state index contributed by atoms with van der Waals surface area (Å²) in [5.74, 6) is -0.458. The number of ether oxygens (including phenoxy) is 1. The summed E-state index contributed by atoms with van der Waals surface area (Å²) in [5, 5.41) is 2.41. The predicted octanol–water partition coefficient (Wildman–Crippen LogP) is 1.44. The van der Waals surface area contributed by atoms with Gasteiger partial charge in [0.2, 0.25) is 6.41 Å². The first-order valence-electron chi connectivity index (χ1n) is 3.84. The number of hydrogen-bond donors (Lipinski definition) is 2. The topological polar surface area (TPSA) is 81.4 Å². The third-order valence-electron chi connectivity index (χ3n) is 1.29. The molecule has 0 fully saturated rings. The Morgan fingerprint density at radius 1 is 1.67 bits per heavy atom. The van der Waals surface area contributed by atoms with Gasteiger partial charge in [-0.05, 0) is 29.0 Å². The summed E-state index contributed by atoms with van der Waals surface area (Å²) in [4.78, 5) is 21.7. The van der Waals surface area contributed by atoms with Crippen molar-refractivity contribution in [3.63, 3.8) is 0 Å². The Labute approximate surface area is 99.7 Å². The van der Waals surface area contributed by atoms with Gasteiger partial charge in [-0.2, -0.15) is 0 Å². The van der Waals surface area contributed by atoms with Crippen LogP contribution >= 0.6 is 27.3 Å². The van der Waals surface area contributed by atoms with Crippen LogP contribution in [0.5, 0.6) is 0 Å². The third kappa shape index (κ3) is 3.98. The van der Waals surface area contributed by atoms with Gasteiger partial charge in [-0.3, -0.25) is 4.79 Å². The van der Waals surface area contributed by atoms with E-state index in [1.807, 2.05) is 0 Å². The van der Waals surface area contributed by atoms with Gasteiger partial charge in [0.25, 0.3) is 0 Å². The minimum atomic E-state index is -0.458. The van der Waals surface area contributed by atoms with Crippen LogP contribution in [0.15, 0.2) is 9.85 Å². The van der Waals surface area contributed by atoms with Crippen LogP contribution in [0.4, 0.5) is 5.69 Å². The van der Waals surface area contributed by atoms with E-state index in [4.69, 9.17) is 0 Å². The van der Waals surface area contributed by atoms with Crippen molar-refractivity contribution in [3.8, 4) is 0 Å². The van der Waals surface area contributed by atoms with Crippen molar-refractivity contribution >= 4 is 45.3 Å². The summed E-state index contributed by atoms with van der Waals surface area (Å²) in [6.07, 6.45) is 0.515. The molecule has 0 bridgehead atoms. The number of carbonyl (C=O) groups is 2. The summed E-state index contributed by atoms with van der Waals surface area (Å²) in [7, 11) is 2.79. The zero-order chi connectivity index (χ0) is 11.8. The van der Waals surface area contributed by atoms with Gasteiger partial charge in [-0.1, -0.05) is 0 Å². The molecule has 1 rings (SSSR count). The van der Waals surface area contributed by atoms with Gasteiger partial charge in [0.1, 0.15) is 4.88 Å². The first kappa shape index (κ1) is 14.1. The van der Waals surface area contributed by atoms with Gasteiger partial charge in [-0.15, -0.1) is 11.3 Å². The summed E-state index contributed by atoms with van der Waals surface area (Å²) >= 11 is 4.41. The van der Waals surface area contributed by atoms with Gasteiger partial charge in [0.15, 0.2) is 0 Å². The number of nitrogens with one attached hydrogen (secondary N) is 1. The number of amides is 1. The molecule has 0 aromatic carbocycles. The van der Waals surface area contributed by atoms with E-state index in [1.165, 1.54) is 25.5 Å². The molecule has 3 N–H and O–H groups in total. The average Bonchev–Trinajstić information content (AvgIpc) is 2.62. The molecule has 0 saturated carbocycles. The molecule has 0 atom stereocenters. The zero-order valence-electron chi connectivity index (χ0n) is 8.24. The average molecular weight is 295 g/mol. The van der Waals surface area contributed by atoms with E-state index in [-0.39, 0.29) is 0 Å². The Morgan fingerprint density at radius 2 is 2.27 bits per heavy atom. The largest absolute Gasteiger partial charge is 0.465 e. The Morgan fingerprint density at radius 3 is 2.73 bits per heavy atom. The molecule has 0 aliphatic carbocycles. The van der Waals surface area contributed by atoms with Crippen LogP contribution in [0.2, 0.25) is 0 Å². The van der Waals surface area contributed by atoms with Gasteiger partial charge in [0, 0.05) is 0 Å². The number of rotatable bonds is 3. The van der Waals surface area contributed by atoms with Crippen LogP contribution in [0.25, 0.3) is 0 Å². The maximum Gasteiger partial charge on any atom is 0.350 e. The van der Waals surface area contributed by atoms with E-state index in [2.05, 4.69) is 31.7 Å². The molecule has 0 aliphatic rings. The molecule has 7 heteroatoms. The summed E-state index contributed by atoms with van der Waals surface area (Å²) in [6, 6.07) is 1.64. The molecule has 1 amide bonds. The van der Waals surface area contributed by atoms with Crippen molar-refractivity contribution in [1.82, 2.24) is 0 Å². The molecule has 1 aromatic rings. The second kappa shape index (κ2) is 7.38. The van der Waals surface area contributed by atoms with Gasteiger partial charge in [0.05, 0.1) is 16.6 Å². The summed E-state index contributed by atoms with van der Waals surface area (Å²) < 4.78 is 5.29. The van der Waals surface area contributed by atoms with E-state index in [1.54, 1.807) is 6.07 Å². The van der Waals surface area contributed by atoms with Gasteiger partial charge in [-0.25, -0.2) is 4.79 Å². The van der Waals surface area contributed by atoms with Gasteiger partial charge < -0.3 is 15.8 Å². The summed E-state index contributed by atoms with van der Waals surface area (Å²) in [6.45, 7) is 0. The molecule has 1 heterocycles. The number of carbonyl (C=O) groups excluding carboxylic acids is 2. The molecular weight excluding hydrogens is 284 g/mol. The Hall–Kier alpha value is -0.920. The lowest BCUT2D eigenvalue weighted by Crippen LogP contribution is -2.03. The molecule has 5 nitrogen and oxygen atoms in total. The fourth-order valence-electron chi connectivity index (χ4n) is 0.776. The number of esters is 1. The smallest absolute Gasteiger partial charge is 0.350 e. The number of halogens is 1. The number of hydrogen-bond acceptors (Lipinski definition) is 5. The molecule has 1 aromatic heterocycles. The van der Waals surface area contributed by atoms with E-state index in [9.17, 15) is 9.59 Å². The highest BCUT2D eigenvalue weighted by Gasteiger charge is 2.15. The summed E-state index contributed by atoms with van der Waals surface area (Å²) in [5.41, 5.74) is 4.96. The Bertz CT molecular complexity index is 341. The minimum absolute atomic E-state index is 0.376. The zero-order valence-corrected chi connectivity index (χ0v) is 10.6. The quantitative estimate of drug-likeness (QED) is 0.653. The number of methoxy groups -OCH3 is 1. The van der Waals surface area contributed by atoms with Crippen molar-refractivity contribution in [2.24, 2.45) is 5.73 Å². The van der Waals surface area contributed by atoms with E-state index in [0.717, 1.165) is 3.79 Å². The SMILES string of the molecule is CN.COC(=O)c1sc(Br)cc1NC=O. The Kier molecular flexibility index (Phi) is 6.93. The van der Waals surface area contributed by atoms with Crippen molar-refractivity contribution < 1.29 is 14.3 Å². The number of anilines is 1. The van der Waals surface area contributed by atoms with Crippen molar-refractivity contribution in [1.29, 1.82) is 0 Å². The fraction of sp³-hybridized carbons (Fsp3) is 0.250. The first-order chi connectivity index (χ1) is 7.19. The standard InChI is InChI=1S/C7H6BrNO3S.CH5N/c1-12-7(11)6-4(9-3-10)2-5(8)13-6;1-2/h2-3H,1H3,(H,9,10);2H2,1H3. The normalized spacial score (nSPS) is 8.53. The van der Waals surface area contributed by atoms with Gasteiger partial charge >= 0.3 is 5.97 Å². The molecule has 0 saturated heterocycles. The maximum atomic E-state index is 11.1. The minimum Gasteiger partial charge on any atom is -0.465 e. The fourth-order valence-corrected chi connectivity index (χ4v) is 2.26. The van der Waals surface area contributed by atoms with E-state index >= 15 is 0 Å². The lowest BCUT2D eigenvalue weighted by molar-refractivity contribution is -0.105. The first-order valence-corrected chi connectivity index (χ1v) is 5.45. The third-order valence-corrected chi connectivity index (χ3v) is 2.91. The second-order valence-electron chi connectivity index (χ2n) is 2.05. The van der Waals surface area contributed by atoms with Crippen LogP contribution in [0.3, 0.4) is 0 Å². The van der Waals surface area contributed by atoms with Crippen molar-refractivity contribution in [3.05, 3.63) is 14.7 Å². The molecule has 0 spiro atoms. The molecule has 84 valence electrons. The molecule has 0 aliphatic heterocycles. The van der Waals surface area contributed by atoms with E-state index < -0.39 is 5.97 Å². The lowest BCUT2D eigenvalue weighted by Gasteiger charge is -1.98. The maximum absolute atomic E-state index is 11.1. The highest BCUT2D eigenvalue weighted by Crippen LogP contribution is 2.31. The van der Waals surface area contributed by atoms with Crippen LogP contribution in [0, 0.1) is 0 Å². The highest BCUT2D eigenvalue weighted by molar-refractivity contribution is 9.11. The van der Waals surface area contributed by atoms with E-state index in [0.29, 0.717) is 17.0 Å². The molecule has 0 radical (unpaired) electrons. The predicted molar refractivity (Wildman–Crippen MR) is 63.2 cm³/mol. The second-order valence-corrected chi connectivity index (χ2v) is 4.48. The molecule has 0 unspecified atom stereocenters. The monoisotopic (exact) mass is 294 g/mol. The molecule has 15 heavy (non-hydrogen) atoms. The van der Waals surface area contributed by atoms with Crippen LogP contribution in [-0.4, -0.2) is 26.5 Å². The van der Waals surface area contributed by atoms with Crippen molar-refractivity contribution in [2.75, 3.05) is 19.5 Å². The molecular formula is C8H11BrN2O3S. The highest BCUT2D eigenvalue weighted by atomic mass is 79.9. The van der Waals surface area contributed by atoms with Crippen LogP contribution in [0.1, 0.15) is 9.67 Å². The van der Waals surface area contributed by atoms with Crippen LogP contribution in [-0.2, 0) is 9.53 Å². The number of nitrogens with two attached hydrogens (primary N) is 1. The van der Waals surface area contributed by atoms with Crippen molar-refractivity contribution in [2.45, 2.75) is 0 Å².